The summed E-state index contributed by atoms with van der Waals surface area (Å²) in [5.74, 6) is -0.0127. The van der Waals surface area contributed by atoms with Gasteiger partial charge in [-0.25, -0.2) is 0 Å². The Hall–Kier alpha value is -1.83. The van der Waals surface area contributed by atoms with Crippen LogP contribution in [0.3, 0.4) is 0 Å². The van der Waals surface area contributed by atoms with Crippen molar-refractivity contribution >= 4 is 5.91 Å². The third-order valence-corrected chi connectivity index (χ3v) is 5.30. The van der Waals surface area contributed by atoms with Crippen LogP contribution in [0.4, 0.5) is 0 Å². The number of carbonyl (C=O) groups is 1. The number of rotatable bonds is 3. The number of hydrogen-bond acceptors (Lipinski definition) is 3. The van der Waals surface area contributed by atoms with E-state index < -0.39 is 5.54 Å². The molecule has 3 rings (SSSR count). The summed E-state index contributed by atoms with van der Waals surface area (Å²) in [7, 11) is 0. The molecule has 0 atom stereocenters. The van der Waals surface area contributed by atoms with Gasteiger partial charge in [-0.15, -0.1) is 0 Å². The molecule has 1 aromatic rings. The fourth-order valence-corrected chi connectivity index (χ4v) is 3.75. The maximum Gasteiger partial charge on any atom is 0.247 e. The van der Waals surface area contributed by atoms with Crippen LogP contribution in [0.1, 0.15) is 51.5 Å². The van der Waals surface area contributed by atoms with E-state index in [-0.39, 0.29) is 16.9 Å². The molecule has 0 saturated heterocycles. The van der Waals surface area contributed by atoms with Gasteiger partial charge >= 0.3 is 0 Å². The molecule has 2 bridgehead atoms. The second-order valence-corrected chi connectivity index (χ2v) is 7.32. The number of amides is 1. The lowest BCUT2D eigenvalue weighted by Crippen LogP contribution is -2.53. The minimum atomic E-state index is -0.719. The van der Waals surface area contributed by atoms with Crippen molar-refractivity contribution in [3.63, 3.8) is 0 Å². The van der Waals surface area contributed by atoms with Gasteiger partial charge in [0.2, 0.25) is 5.91 Å². The maximum absolute atomic E-state index is 12.8. The first-order chi connectivity index (χ1) is 9.81. The Kier molecular flexibility index (Phi) is 2.91. The standard InChI is InChI=1S/C16H22N4O/c1-12-8-18-20(9-12)14(2,3)13(21)19-16-6-4-15(10-16,11-17)5-7-16/h8-9H,4-7,10H2,1-3H3,(H,19,21). The van der Waals surface area contributed by atoms with Crippen LogP contribution < -0.4 is 5.32 Å². The van der Waals surface area contributed by atoms with Crippen molar-refractivity contribution in [3.8, 4) is 6.07 Å². The number of nitrogens with zero attached hydrogens (tertiary/aromatic N) is 3. The van der Waals surface area contributed by atoms with Gasteiger partial charge in [-0.05, 0) is 58.4 Å². The number of nitrogens with one attached hydrogen (secondary N) is 1. The van der Waals surface area contributed by atoms with Crippen LogP contribution in [0, 0.1) is 23.7 Å². The molecule has 2 aliphatic rings. The van der Waals surface area contributed by atoms with Crippen molar-refractivity contribution in [3.05, 3.63) is 18.0 Å². The third kappa shape index (κ3) is 2.14. The van der Waals surface area contributed by atoms with Crippen molar-refractivity contribution in [2.24, 2.45) is 5.41 Å². The van der Waals surface area contributed by atoms with Crippen LogP contribution >= 0.6 is 0 Å². The van der Waals surface area contributed by atoms with E-state index in [1.54, 1.807) is 10.9 Å². The molecule has 0 aliphatic heterocycles. The van der Waals surface area contributed by atoms with Gasteiger partial charge in [-0.2, -0.15) is 10.4 Å². The number of nitriles is 1. The highest BCUT2D eigenvalue weighted by Gasteiger charge is 2.56. The highest BCUT2D eigenvalue weighted by atomic mass is 16.2. The average Bonchev–Trinajstić information content (AvgIpc) is 3.12. The molecular weight excluding hydrogens is 264 g/mol. The molecule has 0 aromatic carbocycles. The first kappa shape index (κ1) is 14.1. The molecule has 0 radical (unpaired) electrons. The minimum absolute atomic E-state index is 0.0127. The van der Waals surface area contributed by atoms with Crippen molar-refractivity contribution in [1.29, 1.82) is 5.26 Å². The van der Waals surface area contributed by atoms with Crippen molar-refractivity contribution < 1.29 is 4.79 Å². The number of carbonyl (C=O) groups excluding carboxylic acids is 1. The Bertz CT molecular complexity index is 614. The monoisotopic (exact) mass is 286 g/mol. The number of aromatic nitrogens is 2. The normalized spacial score (nSPS) is 31.1. The molecule has 0 spiro atoms. The van der Waals surface area contributed by atoms with Gasteiger partial charge in [0.25, 0.3) is 0 Å². The predicted molar refractivity (Wildman–Crippen MR) is 78.3 cm³/mol. The molecule has 5 nitrogen and oxygen atoms in total. The summed E-state index contributed by atoms with van der Waals surface area (Å²) < 4.78 is 1.72. The lowest BCUT2D eigenvalue weighted by Gasteiger charge is -2.33. The zero-order valence-corrected chi connectivity index (χ0v) is 12.9. The summed E-state index contributed by atoms with van der Waals surface area (Å²) in [6, 6.07) is 2.47. The molecule has 21 heavy (non-hydrogen) atoms. The summed E-state index contributed by atoms with van der Waals surface area (Å²) in [6.07, 6.45) is 8.10. The molecular formula is C16H22N4O. The smallest absolute Gasteiger partial charge is 0.247 e. The Labute approximate surface area is 125 Å². The highest BCUT2D eigenvalue weighted by molar-refractivity contribution is 5.84. The van der Waals surface area contributed by atoms with Crippen LogP contribution in [0.25, 0.3) is 0 Å². The highest BCUT2D eigenvalue weighted by Crippen LogP contribution is 2.56. The molecule has 112 valence electrons. The molecule has 2 aliphatic carbocycles. The predicted octanol–water partition coefficient (Wildman–Crippen LogP) is 2.27. The molecule has 1 amide bonds. The lowest BCUT2D eigenvalue weighted by atomic mass is 9.85. The van der Waals surface area contributed by atoms with Crippen molar-refractivity contribution in [2.45, 2.75) is 64.0 Å². The van der Waals surface area contributed by atoms with E-state index in [4.69, 9.17) is 0 Å². The van der Waals surface area contributed by atoms with Crippen LogP contribution in [-0.2, 0) is 10.3 Å². The number of fused-ring (bicyclic) bond motifs is 2. The average molecular weight is 286 g/mol. The number of aryl methyl sites for hydroxylation is 1. The molecule has 0 unspecified atom stereocenters. The zero-order chi connectivity index (χ0) is 15.3. The van der Waals surface area contributed by atoms with Crippen LogP contribution in [-0.4, -0.2) is 21.2 Å². The molecule has 5 heteroatoms. The van der Waals surface area contributed by atoms with E-state index in [0.717, 1.165) is 37.7 Å². The van der Waals surface area contributed by atoms with E-state index in [9.17, 15) is 10.1 Å². The fraction of sp³-hybridized carbons (Fsp3) is 0.688. The lowest BCUT2D eigenvalue weighted by molar-refractivity contribution is -0.130. The Balaban J connectivity index is 1.77. The van der Waals surface area contributed by atoms with Crippen molar-refractivity contribution in [2.75, 3.05) is 0 Å². The van der Waals surface area contributed by atoms with Gasteiger partial charge in [0.15, 0.2) is 0 Å². The third-order valence-electron chi connectivity index (χ3n) is 5.30. The van der Waals surface area contributed by atoms with Gasteiger partial charge in [-0.1, -0.05) is 0 Å². The molecule has 1 heterocycles. The first-order valence-electron chi connectivity index (χ1n) is 7.57. The Morgan fingerprint density at radius 1 is 1.43 bits per heavy atom. The van der Waals surface area contributed by atoms with E-state index in [2.05, 4.69) is 16.5 Å². The van der Waals surface area contributed by atoms with Gasteiger partial charge < -0.3 is 5.32 Å². The summed E-state index contributed by atoms with van der Waals surface area (Å²) in [5.41, 5.74) is -0.0468. The van der Waals surface area contributed by atoms with Crippen LogP contribution in [0.5, 0.6) is 0 Å². The first-order valence-corrected chi connectivity index (χ1v) is 7.57. The second-order valence-electron chi connectivity index (χ2n) is 7.32. The molecule has 2 saturated carbocycles. The summed E-state index contributed by atoms with van der Waals surface area (Å²) in [4.78, 5) is 12.8. The summed E-state index contributed by atoms with van der Waals surface area (Å²) >= 11 is 0. The van der Waals surface area contributed by atoms with Crippen molar-refractivity contribution in [1.82, 2.24) is 15.1 Å². The Morgan fingerprint density at radius 3 is 2.57 bits per heavy atom. The minimum Gasteiger partial charge on any atom is -0.349 e. The zero-order valence-electron chi connectivity index (χ0n) is 12.9. The number of hydrogen-bond donors (Lipinski definition) is 1. The summed E-state index contributed by atoms with van der Waals surface area (Å²) in [5, 5.41) is 16.9. The Morgan fingerprint density at radius 2 is 2.10 bits per heavy atom. The van der Waals surface area contributed by atoms with E-state index in [1.807, 2.05) is 27.0 Å². The van der Waals surface area contributed by atoms with E-state index in [0.29, 0.717) is 0 Å². The molecule has 1 N–H and O–H groups in total. The van der Waals surface area contributed by atoms with Gasteiger partial charge in [-0.3, -0.25) is 9.48 Å². The SMILES string of the molecule is Cc1cnn(C(C)(C)C(=O)NC23CCC(C#N)(CC2)C3)c1. The van der Waals surface area contributed by atoms with Crippen LogP contribution in [0.15, 0.2) is 12.4 Å². The van der Waals surface area contributed by atoms with E-state index in [1.165, 1.54) is 0 Å². The van der Waals surface area contributed by atoms with Gasteiger partial charge in [0, 0.05) is 11.7 Å². The molecule has 2 fully saturated rings. The topological polar surface area (TPSA) is 70.7 Å². The summed E-state index contributed by atoms with van der Waals surface area (Å²) in [6.45, 7) is 5.73. The largest absolute Gasteiger partial charge is 0.349 e. The second kappa shape index (κ2) is 4.33. The quantitative estimate of drug-likeness (QED) is 0.926. The van der Waals surface area contributed by atoms with E-state index >= 15 is 0 Å². The van der Waals surface area contributed by atoms with Gasteiger partial charge in [0.1, 0.15) is 5.54 Å². The molecule has 1 aromatic heterocycles. The van der Waals surface area contributed by atoms with Gasteiger partial charge in [0.05, 0.1) is 17.7 Å². The fourth-order valence-electron chi connectivity index (χ4n) is 3.75. The van der Waals surface area contributed by atoms with Crippen LogP contribution in [0.2, 0.25) is 0 Å². The maximum atomic E-state index is 12.8.